The number of fused-ring (bicyclic) bond motifs is 1. The molecule has 0 saturated carbocycles. The minimum Gasteiger partial charge on any atom is -0.457 e. The number of aryl methyl sites for hydroxylation is 2. The Morgan fingerprint density at radius 3 is 2.53 bits per heavy atom. The Morgan fingerprint density at radius 1 is 1.03 bits per heavy atom. The number of esters is 1. The van der Waals surface area contributed by atoms with Crippen molar-refractivity contribution < 1.29 is 19.1 Å². The minimum atomic E-state index is -0.503. The van der Waals surface area contributed by atoms with E-state index in [1.165, 1.54) is 0 Å². The first-order valence-corrected chi connectivity index (χ1v) is 12.7. The number of amides is 2. The number of nitrogens with zero attached hydrogens (tertiary/aromatic N) is 1. The third kappa shape index (κ3) is 5.58. The molecule has 1 aliphatic heterocycles. The van der Waals surface area contributed by atoms with Crippen LogP contribution in [0.3, 0.4) is 0 Å². The van der Waals surface area contributed by atoms with Crippen molar-refractivity contribution in [2.24, 2.45) is 0 Å². The van der Waals surface area contributed by atoms with Crippen LogP contribution in [0.15, 0.2) is 60.7 Å². The van der Waals surface area contributed by atoms with Crippen LogP contribution in [0.5, 0.6) is 0 Å². The van der Waals surface area contributed by atoms with E-state index in [0.717, 1.165) is 11.1 Å². The Hall–Kier alpha value is -3.29. The molecule has 1 heterocycles. The number of carbonyl (C=O) groups excluding carboxylic acids is 3. The lowest BCUT2D eigenvalue weighted by atomic mass is 10.0. The fourth-order valence-corrected chi connectivity index (χ4v) is 4.68. The van der Waals surface area contributed by atoms with Crippen LogP contribution >= 0.6 is 24.2 Å². The number of thiol groups is 1. The molecule has 3 aromatic rings. The molecule has 1 unspecified atom stereocenters. The van der Waals surface area contributed by atoms with Crippen molar-refractivity contribution in [1.82, 2.24) is 0 Å². The highest BCUT2D eigenvalue weighted by atomic mass is 35.5. The second-order valence-electron chi connectivity index (χ2n) is 8.74. The number of carbonyl (C=O) groups is 3. The molecular formula is C28H27ClN2O4S. The second kappa shape index (κ2) is 11.2. The quantitative estimate of drug-likeness (QED) is 0.310. The maximum Gasteiger partial charge on any atom is 0.316 e. The second-order valence-corrected chi connectivity index (χ2v) is 9.49. The molecule has 36 heavy (non-hydrogen) atoms. The number of nitrogens with one attached hydrogen (secondary N) is 1. The molecule has 3 aromatic carbocycles. The van der Waals surface area contributed by atoms with Gasteiger partial charge in [-0.25, -0.2) is 0 Å². The molecule has 186 valence electrons. The minimum absolute atomic E-state index is 0.0268. The van der Waals surface area contributed by atoms with Crippen LogP contribution in [0.25, 0.3) is 0 Å². The van der Waals surface area contributed by atoms with Gasteiger partial charge in [0, 0.05) is 33.9 Å². The van der Waals surface area contributed by atoms with Crippen molar-refractivity contribution in [3.05, 3.63) is 93.5 Å². The lowest BCUT2D eigenvalue weighted by molar-refractivity contribution is -0.146. The zero-order chi connectivity index (χ0) is 25.8. The van der Waals surface area contributed by atoms with E-state index in [0.29, 0.717) is 52.5 Å². The summed E-state index contributed by atoms with van der Waals surface area (Å²) in [5, 5.41) is 3.41. The Bertz CT molecular complexity index is 1330. The molecule has 0 fully saturated rings. The Morgan fingerprint density at radius 2 is 1.81 bits per heavy atom. The van der Waals surface area contributed by atoms with Gasteiger partial charge in [-0.15, -0.1) is 0 Å². The SMILES string of the molecule is Cc1ccccc1C(=O)Nc1ccc(C(=O)N2CCCC(OC(=O)CS)c3cc(Cl)ccc32)c(C)c1. The molecule has 0 aliphatic carbocycles. The molecular weight excluding hydrogens is 496 g/mol. The summed E-state index contributed by atoms with van der Waals surface area (Å²) in [5.74, 6) is -0.824. The first kappa shape index (κ1) is 25.8. The molecule has 1 N–H and O–H groups in total. The van der Waals surface area contributed by atoms with Gasteiger partial charge in [-0.05, 0) is 80.3 Å². The summed E-state index contributed by atoms with van der Waals surface area (Å²) in [4.78, 5) is 40.0. The highest BCUT2D eigenvalue weighted by Crippen LogP contribution is 2.38. The molecule has 0 spiro atoms. The van der Waals surface area contributed by atoms with E-state index >= 15 is 0 Å². The lowest BCUT2D eigenvalue weighted by Gasteiger charge is -2.25. The molecule has 0 radical (unpaired) electrons. The van der Waals surface area contributed by atoms with Crippen LogP contribution in [-0.2, 0) is 9.53 Å². The fraction of sp³-hybridized carbons (Fsp3) is 0.250. The van der Waals surface area contributed by atoms with Crippen molar-refractivity contribution in [2.75, 3.05) is 22.5 Å². The van der Waals surface area contributed by atoms with Gasteiger partial charge in [0.2, 0.25) is 0 Å². The van der Waals surface area contributed by atoms with Gasteiger partial charge in [0.1, 0.15) is 6.10 Å². The van der Waals surface area contributed by atoms with Crippen LogP contribution < -0.4 is 10.2 Å². The molecule has 1 aliphatic rings. The molecule has 1 atom stereocenters. The number of hydrogen-bond donors (Lipinski definition) is 2. The number of rotatable bonds is 5. The smallest absolute Gasteiger partial charge is 0.316 e. The van der Waals surface area contributed by atoms with Gasteiger partial charge in [0.05, 0.1) is 11.4 Å². The summed E-state index contributed by atoms with van der Waals surface area (Å²) in [5.41, 5.74) is 4.72. The third-order valence-corrected chi connectivity index (χ3v) is 6.72. The normalized spacial score (nSPS) is 15.0. The maximum atomic E-state index is 13.7. The van der Waals surface area contributed by atoms with E-state index in [1.807, 2.05) is 32.0 Å². The van der Waals surface area contributed by atoms with E-state index in [4.69, 9.17) is 16.3 Å². The van der Waals surface area contributed by atoms with Gasteiger partial charge in [-0.2, -0.15) is 12.6 Å². The number of anilines is 2. The number of halogens is 1. The summed E-state index contributed by atoms with van der Waals surface area (Å²) in [6, 6.07) is 17.9. The van der Waals surface area contributed by atoms with Crippen LogP contribution in [0.2, 0.25) is 5.02 Å². The highest BCUT2D eigenvalue weighted by Gasteiger charge is 2.30. The van der Waals surface area contributed by atoms with Crippen LogP contribution in [0.4, 0.5) is 11.4 Å². The van der Waals surface area contributed by atoms with Crippen molar-refractivity contribution in [1.29, 1.82) is 0 Å². The van der Waals surface area contributed by atoms with Gasteiger partial charge in [0.25, 0.3) is 11.8 Å². The third-order valence-electron chi connectivity index (χ3n) is 6.23. The van der Waals surface area contributed by atoms with Gasteiger partial charge in [0.15, 0.2) is 0 Å². The molecule has 8 heteroatoms. The first-order chi connectivity index (χ1) is 17.3. The zero-order valence-electron chi connectivity index (χ0n) is 20.1. The van der Waals surface area contributed by atoms with Crippen molar-refractivity contribution in [3.8, 4) is 0 Å². The average Bonchev–Trinajstić information content (AvgIpc) is 3.03. The molecule has 0 bridgehead atoms. The molecule has 0 saturated heterocycles. The Balaban J connectivity index is 1.60. The Labute approximate surface area is 221 Å². The average molecular weight is 523 g/mol. The zero-order valence-corrected chi connectivity index (χ0v) is 21.7. The number of ether oxygens (including phenoxy) is 1. The fourth-order valence-electron chi connectivity index (χ4n) is 4.42. The lowest BCUT2D eigenvalue weighted by Crippen LogP contribution is -2.32. The standard InChI is InChI=1S/C28H27ClN2O4S/c1-17-6-3-4-7-21(17)27(33)30-20-10-11-22(18(2)14-20)28(34)31-13-5-8-25(35-26(32)16-36)23-15-19(29)9-12-24(23)31/h3-4,6-7,9-12,14-15,25,36H,5,8,13,16H2,1-2H3,(H,30,33). The van der Waals surface area contributed by atoms with Crippen molar-refractivity contribution in [2.45, 2.75) is 32.8 Å². The first-order valence-electron chi connectivity index (χ1n) is 11.7. The van der Waals surface area contributed by atoms with Crippen molar-refractivity contribution >= 4 is 53.4 Å². The molecule has 2 amide bonds. The summed E-state index contributed by atoms with van der Waals surface area (Å²) in [6.45, 7) is 4.19. The topological polar surface area (TPSA) is 75.7 Å². The molecule has 4 rings (SSSR count). The maximum absolute atomic E-state index is 13.7. The van der Waals surface area contributed by atoms with E-state index in [1.54, 1.807) is 47.4 Å². The van der Waals surface area contributed by atoms with Crippen molar-refractivity contribution in [3.63, 3.8) is 0 Å². The van der Waals surface area contributed by atoms with E-state index in [2.05, 4.69) is 17.9 Å². The van der Waals surface area contributed by atoms with E-state index < -0.39 is 12.1 Å². The summed E-state index contributed by atoms with van der Waals surface area (Å²) < 4.78 is 5.60. The summed E-state index contributed by atoms with van der Waals surface area (Å²) in [6.07, 6.45) is 0.711. The van der Waals surface area contributed by atoms with Gasteiger partial charge in [-0.1, -0.05) is 29.8 Å². The predicted octanol–water partition coefficient (Wildman–Crippen LogP) is 6.16. The Kier molecular flexibility index (Phi) is 8.01. The summed E-state index contributed by atoms with van der Waals surface area (Å²) >= 11 is 10.3. The van der Waals surface area contributed by atoms with Gasteiger partial charge < -0.3 is 15.0 Å². The van der Waals surface area contributed by atoms with Crippen LogP contribution in [0, 0.1) is 13.8 Å². The molecule has 6 nitrogen and oxygen atoms in total. The number of benzene rings is 3. The van der Waals surface area contributed by atoms with Crippen LogP contribution in [0.1, 0.15) is 56.4 Å². The monoisotopic (exact) mass is 522 g/mol. The van der Waals surface area contributed by atoms with Gasteiger partial charge >= 0.3 is 5.97 Å². The number of hydrogen-bond acceptors (Lipinski definition) is 5. The predicted molar refractivity (Wildman–Crippen MR) is 145 cm³/mol. The highest BCUT2D eigenvalue weighted by molar-refractivity contribution is 7.81. The summed E-state index contributed by atoms with van der Waals surface area (Å²) in [7, 11) is 0. The van der Waals surface area contributed by atoms with Gasteiger partial charge in [-0.3, -0.25) is 14.4 Å². The van der Waals surface area contributed by atoms with Crippen LogP contribution in [-0.4, -0.2) is 30.1 Å². The van der Waals surface area contributed by atoms with E-state index in [9.17, 15) is 14.4 Å². The van der Waals surface area contributed by atoms with E-state index in [-0.39, 0.29) is 17.6 Å². The molecule has 0 aromatic heterocycles. The largest absolute Gasteiger partial charge is 0.457 e.